The highest BCUT2D eigenvalue weighted by atomic mass is 14.7. The molecular formula is C21H19N. The Morgan fingerprint density at radius 3 is 1.68 bits per heavy atom. The lowest BCUT2D eigenvalue weighted by molar-refractivity contribution is 0.991. The average Bonchev–Trinajstić information content (AvgIpc) is 3.33. The van der Waals surface area contributed by atoms with Crippen LogP contribution in [0.4, 0.5) is 0 Å². The van der Waals surface area contributed by atoms with Crippen LogP contribution < -0.4 is 5.73 Å². The van der Waals surface area contributed by atoms with E-state index in [9.17, 15) is 0 Å². The van der Waals surface area contributed by atoms with E-state index in [-0.39, 0.29) is 0 Å². The van der Waals surface area contributed by atoms with Crippen molar-refractivity contribution in [3.63, 3.8) is 0 Å². The van der Waals surface area contributed by atoms with Crippen molar-refractivity contribution in [2.75, 3.05) is 0 Å². The van der Waals surface area contributed by atoms with E-state index in [0.29, 0.717) is 12.0 Å². The molecule has 3 aromatic rings. The zero-order chi connectivity index (χ0) is 14.9. The Labute approximate surface area is 131 Å². The molecule has 3 aromatic carbocycles. The predicted molar refractivity (Wildman–Crippen MR) is 92.6 cm³/mol. The van der Waals surface area contributed by atoms with Gasteiger partial charge in [-0.2, -0.15) is 0 Å². The Bertz CT molecular complexity index is 775. The van der Waals surface area contributed by atoms with Gasteiger partial charge in [0.25, 0.3) is 0 Å². The smallest absolute Gasteiger partial charge is 0.0115 e. The summed E-state index contributed by atoms with van der Waals surface area (Å²) in [6.07, 6.45) is 1.12. The molecule has 108 valence electrons. The Morgan fingerprint density at radius 1 is 0.636 bits per heavy atom. The molecule has 1 fully saturated rings. The molecule has 0 amide bonds. The van der Waals surface area contributed by atoms with E-state index in [2.05, 4.69) is 78.9 Å². The lowest BCUT2D eigenvalue weighted by Crippen LogP contribution is -2.00. The van der Waals surface area contributed by atoms with Crippen molar-refractivity contribution in [1.29, 1.82) is 0 Å². The maximum Gasteiger partial charge on any atom is 0.0115 e. The highest BCUT2D eigenvalue weighted by Crippen LogP contribution is 2.40. The second-order valence-corrected chi connectivity index (χ2v) is 6.04. The van der Waals surface area contributed by atoms with Crippen molar-refractivity contribution in [3.8, 4) is 22.3 Å². The minimum absolute atomic E-state index is 0.363. The number of rotatable bonds is 3. The van der Waals surface area contributed by atoms with Gasteiger partial charge in [0.05, 0.1) is 0 Å². The molecule has 2 N–H and O–H groups in total. The molecule has 0 aliphatic heterocycles. The van der Waals surface area contributed by atoms with E-state index in [4.69, 9.17) is 5.73 Å². The molecule has 0 aromatic heterocycles. The van der Waals surface area contributed by atoms with Gasteiger partial charge in [-0.15, -0.1) is 0 Å². The molecule has 1 heteroatoms. The van der Waals surface area contributed by atoms with E-state index < -0.39 is 0 Å². The minimum atomic E-state index is 0.363. The molecule has 1 saturated carbocycles. The van der Waals surface area contributed by atoms with Crippen molar-refractivity contribution in [3.05, 3.63) is 84.4 Å². The van der Waals surface area contributed by atoms with Gasteiger partial charge < -0.3 is 5.73 Å². The molecule has 0 saturated heterocycles. The van der Waals surface area contributed by atoms with Gasteiger partial charge in [-0.05, 0) is 34.2 Å². The van der Waals surface area contributed by atoms with Crippen molar-refractivity contribution in [1.82, 2.24) is 0 Å². The number of hydrogen-bond acceptors (Lipinski definition) is 1. The number of benzene rings is 3. The van der Waals surface area contributed by atoms with Crippen molar-refractivity contribution >= 4 is 0 Å². The summed E-state index contributed by atoms with van der Waals surface area (Å²) in [4.78, 5) is 0. The first-order valence-corrected chi connectivity index (χ1v) is 7.83. The molecule has 1 aliphatic carbocycles. The molecule has 1 aliphatic rings. The fourth-order valence-electron chi connectivity index (χ4n) is 3.11. The maximum atomic E-state index is 5.95. The molecule has 22 heavy (non-hydrogen) atoms. The van der Waals surface area contributed by atoms with E-state index in [1.165, 1.54) is 27.8 Å². The van der Waals surface area contributed by atoms with Crippen molar-refractivity contribution in [2.45, 2.75) is 18.4 Å². The Balaban J connectivity index is 1.74. The van der Waals surface area contributed by atoms with Crippen LogP contribution in [0.2, 0.25) is 0 Å². The quantitative estimate of drug-likeness (QED) is 0.732. The van der Waals surface area contributed by atoms with Crippen LogP contribution in [0.5, 0.6) is 0 Å². The van der Waals surface area contributed by atoms with E-state index in [1.807, 2.05) is 0 Å². The standard InChI is InChI=1S/C21H19N/c22-21-14-20(21)17-12-10-16(11-13-17)19-9-5-4-8-18(19)15-6-2-1-3-7-15/h1-13,20-21H,14,22H2/t20-,21+/m1/s1. The summed E-state index contributed by atoms with van der Waals surface area (Å²) in [6.45, 7) is 0. The van der Waals surface area contributed by atoms with Crippen LogP contribution in [0.25, 0.3) is 22.3 Å². The fraction of sp³-hybridized carbons (Fsp3) is 0.143. The zero-order valence-electron chi connectivity index (χ0n) is 12.4. The van der Waals surface area contributed by atoms with Crippen LogP contribution in [0, 0.1) is 0 Å². The highest BCUT2D eigenvalue weighted by molar-refractivity contribution is 5.83. The predicted octanol–water partition coefficient (Wildman–Crippen LogP) is 4.84. The molecule has 0 heterocycles. The third-order valence-corrected chi connectivity index (χ3v) is 4.50. The maximum absolute atomic E-state index is 5.95. The molecule has 4 rings (SSSR count). The molecule has 0 unspecified atom stereocenters. The zero-order valence-corrected chi connectivity index (χ0v) is 12.4. The molecule has 1 nitrogen and oxygen atoms in total. The first-order valence-electron chi connectivity index (χ1n) is 7.83. The lowest BCUT2D eigenvalue weighted by Gasteiger charge is -2.11. The van der Waals surface area contributed by atoms with Gasteiger partial charge in [-0.25, -0.2) is 0 Å². The summed E-state index contributed by atoms with van der Waals surface area (Å²) in [5.74, 6) is 0.568. The fourth-order valence-corrected chi connectivity index (χ4v) is 3.11. The Morgan fingerprint density at radius 2 is 1.14 bits per heavy atom. The lowest BCUT2D eigenvalue weighted by atomic mass is 9.94. The van der Waals surface area contributed by atoms with Crippen LogP contribution >= 0.6 is 0 Å². The summed E-state index contributed by atoms with van der Waals surface area (Å²) < 4.78 is 0. The average molecular weight is 285 g/mol. The number of nitrogens with two attached hydrogens (primary N) is 1. The third-order valence-electron chi connectivity index (χ3n) is 4.50. The van der Waals surface area contributed by atoms with Crippen LogP contribution in [0.1, 0.15) is 17.9 Å². The molecule has 2 atom stereocenters. The number of hydrogen-bond donors (Lipinski definition) is 1. The third kappa shape index (κ3) is 2.44. The first kappa shape index (κ1) is 13.3. The van der Waals surface area contributed by atoms with Crippen LogP contribution in [0.15, 0.2) is 78.9 Å². The van der Waals surface area contributed by atoms with Crippen LogP contribution in [-0.2, 0) is 0 Å². The van der Waals surface area contributed by atoms with Crippen molar-refractivity contribution in [2.24, 2.45) is 5.73 Å². The van der Waals surface area contributed by atoms with Gasteiger partial charge in [0.1, 0.15) is 0 Å². The SMILES string of the molecule is N[C@H]1C[C@@H]1c1ccc(-c2ccccc2-c2ccccc2)cc1. The monoisotopic (exact) mass is 285 g/mol. The molecule has 0 spiro atoms. The van der Waals surface area contributed by atoms with Gasteiger partial charge in [0.15, 0.2) is 0 Å². The molecule has 0 bridgehead atoms. The van der Waals surface area contributed by atoms with Crippen molar-refractivity contribution < 1.29 is 0 Å². The molecule has 0 radical (unpaired) electrons. The van der Waals surface area contributed by atoms with Gasteiger partial charge in [0.2, 0.25) is 0 Å². The Kier molecular flexibility index (Phi) is 3.28. The summed E-state index contributed by atoms with van der Waals surface area (Å²) in [6, 6.07) is 28.4. The summed E-state index contributed by atoms with van der Waals surface area (Å²) in [5, 5.41) is 0. The topological polar surface area (TPSA) is 26.0 Å². The largest absolute Gasteiger partial charge is 0.327 e. The molecular weight excluding hydrogens is 266 g/mol. The van der Waals surface area contributed by atoms with Gasteiger partial charge >= 0.3 is 0 Å². The van der Waals surface area contributed by atoms with Gasteiger partial charge in [0, 0.05) is 12.0 Å². The van der Waals surface area contributed by atoms with Crippen LogP contribution in [0.3, 0.4) is 0 Å². The van der Waals surface area contributed by atoms with E-state index in [1.54, 1.807) is 0 Å². The summed E-state index contributed by atoms with van der Waals surface area (Å²) in [5.41, 5.74) is 12.4. The van der Waals surface area contributed by atoms with Gasteiger partial charge in [-0.1, -0.05) is 78.9 Å². The van der Waals surface area contributed by atoms with E-state index >= 15 is 0 Å². The Hall–Kier alpha value is -2.38. The second kappa shape index (κ2) is 5.43. The van der Waals surface area contributed by atoms with Gasteiger partial charge in [-0.3, -0.25) is 0 Å². The second-order valence-electron chi connectivity index (χ2n) is 6.04. The summed E-state index contributed by atoms with van der Waals surface area (Å²) >= 11 is 0. The summed E-state index contributed by atoms with van der Waals surface area (Å²) in [7, 11) is 0. The normalized spacial score (nSPS) is 19.9. The van der Waals surface area contributed by atoms with Crippen LogP contribution in [-0.4, -0.2) is 6.04 Å². The highest BCUT2D eigenvalue weighted by Gasteiger charge is 2.34. The minimum Gasteiger partial charge on any atom is -0.327 e. The first-order chi connectivity index (χ1) is 10.8. The van der Waals surface area contributed by atoms with E-state index in [0.717, 1.165) is 6.42 Å².